The average molecular weight is 356 g/mol. The van der Waals surface area contributed by atoms with Crippen LogP contribution >= 0.6 is 0 Å². The molecule has 2 aromatic carbocycles. The second-order valence-corrected chi connectivity index (χ2v) is 7.21. The SMILES string of the molecule is CC(=O)N(CCNC(=O)c1ccc(C(C)(C)C)cc1)c1ccccc1F. The molecule has 5 heteroatoms. The highest BCUT2D eigenvalue weighted by Crippen LogP contribution is 2.22. The van der Waals surface area contributed by atoms with E-state index in [1.165, 1.54) is 17.9 Å². The molecule has 1 N–H and O–H groups in total. The summed E-state index contributed by atoms with van der Waals surface area (Å²) in [7, 11) is 0. The highest BCUT2D eigenvalue weighted by Gasteiger charge is 2.16. The number of carbonyl (C=O) groups is 2. The third kappa shape index (κ3) is 4.91. The summed E-state index contributed by atoms with van der Waals surface area (Å²) in [4.78, 5) is 25.4. The lowest BCUT2D eigenvalue weighted by atomic mass is 9.87. The fourth-order valence-electron chi connectivity index (χ4n) is 2.62. The van der Waals surface area contributed by atoms with Gasteiger partial charge >= 0.3 is 0 Å². The molecular weight excluding hydrogens is 331 g/mol. The first-order valence-electron chi connectivity index (χ1n) is 8.61. The van der Waals surface area contributed by atoms with Crippen molar-refractivity contribution in [1.29, 1.82) is 0 Å². The molecule has 2 rings (SSSR count). The van der Waals surface area contributed by atoms with Crippen molar-refractivity contribution >= 4 is 17.5 Å². The van der Waals surface area contributed by atoms with E-state index in [9.17, 15) is 14.0 Å². The van der Waals surface area contributed by atoms with Crippen LogP contribution in [0.5, 0.6) is 0 Å². The van der Waals surface area contributed by atoms with Gasteiger partial charge in [0.1, 0.15) is 5.82 Å². The topological polar surface area (TPSA) is 49.4 Å². The van der Waals surface area contributed by atoms with E-state index in [1.807, 2.05) is 12.1 Å². The van der Waals surface area contributed by atoms with Crippen LogP contribution in [-0.2, 0) is 10.2 Å². The van der Waals surface area contributed by atoms with Crippen molar-refractivity contribution in [3.05, 3.63) is 65.5 Å². The van der Waals surface area contributed by atoms with Crippen molar-refractivity contribution in [1.82, 2.24) is 5.32 Å². The van der Waals surface area contributed by atoms with Crippen molar-refractivity contribution in [2.75, 3.05) is 18.0 Å². The van der Waals surface area contributed by atoms with E-state index >= 15 is 0 Å². The van der Waals surface area contributed by atoms with Crippen LogP contribution in [-0.4, -0.2) is 24.9 Å². The number of amides is 2. The van der Waals surface area contributed by atoms with Crippen LogP contribution < -0.4 is 10.2 Å². The van der Waals surface area contributed by atoms with Crippen molar-refractivity contribution in [3.63, 3.8) is 0 Å². The van der Waals surface area contributed by atoms with Gasteiger partial charge in [0, 0.05) is 25.6 Å². The van der Waals surface area contributed by atoms with Gasteiger partial charge in [-0.05, 0) is 35.2 Å². The van der Waals surface area contributed by atoms with Gasteiger partial charge in [0.15, 0.2) is 0 Å². The normalized spacial score (nSPS) is 11.1. The number of rotatable bonds is 5. The Balaban J connectivity index is 1.98. The lowest BCUT2D eigenvalue weighted by molar-refractivity contribution is -0.116. The highest BCUT2D eigenvalue weighted by molar-refractivity contribution is 5.94. The minimum absolute atomic E-state index is 0.0246. The minimum atomic E-state index is -0.466. The number of para-hydroxylation sites is 1. The molecule has 2 amide bonds. The Morgan fingerprint density at radius 2 is 1.65 bits per heavy atom. The monoisotopic (exact) mass is 356 g/mol. The van der Waals surface area contributed by atoms with Crippen LogP contribution in [0.4, 0.5) is 10.1 Å². The summed E-state index contributed by atoms with van der Waals surface area (Å²) in [6.45, 7) is 8.14. The second-order valence-electron chi connectivity index (χ2n) is 7.21. The van der Waals surface area contributed by atoms with Gasteiger partial charge in [-0.15, -0.1) is 0 Å². The lowest BCUT2D eigenvalue weighted by Crippen LogP contribution is -2.38. The molecule has 0 bridgehead atoms. The summed E-state index contributed by atoms with van der Waals surface area (Å²) in [6, 6.07) is 13.5. The van der Waals surface area contributed by atoms with Gasteiger partial charge < -0.3 is 10.2 Å². The first-order chi connectivity index (χ1) is 12.2. The Kier molecular flexibility index (Phi) is 6.14. The zero-order valence-corrected chi connectivity index (χ0v) is 15.7. The molecule has 0 aromatic heterocycles. The number of anilines is 1. The largest absolute Gasteiger partial charge is 0.350 e. The molecule has 4 nitrogen and oxygen atoms in total. The molecule has 0 aliphatic carbocycles. The second kappa shape index (κ2) is 8.13. The van der Waals surface area contributed by atoms with Gasteiger partial charge in [0.05, 0.1) is 5.69 Å². The van der Waals surface area contributed by atoms with E-state index in [0.717, 1.165) is 5.56 Å². The maximum Gasteiger partial charge on any atom is 0.251 e. The summed E-state index contributed by atoms with van der Waals surface area (Å²) < 4.78 is 13.9. The zero-order chi connectivity index (χ0) is 19.3. The number of benzene rings is 2. The molecule has 0 fully saturated rings. The zero-order valence-electron chi connectivity index (χ0n) is 15.7. The van der Waals surface area contributed by atoms with Gasteiger partial charge in [-0.1, -0.05) is 45.0 Å². The number of hydrogen-bond donors (Lipinski definition) is 1. The summed E-state index contributed by atoms with van der Waals surface area (Å²) in [6.07, 6.45) is 0. The molecular formula is C21H25FN2O2. The van der Waals surface area contributed by atoms with Gasteiger partial charge in [-0.25, -0.2) is 4.39 Å². The molecule has 0 atom stereocenters. The predicted octanol–water partition coefficient (Wildman–Crippen LogP) is 3.91. The lowest BCUT2D eigenvalue weighted by Gasteiger charge is -2.22. The molecule has 2 aromatic rings. The van der Waals surface area contributed by atoms with E-state index < -0.39 is 5.82 Å². The molecule has 0 heterocycles. The third-order valence-electron chi connectivity index (χ3n) is 4.16. The smallest absolute Gasteiger partial charge is 0.251 e. The van der Waals surface area contributed by atoms with E-state index in [0.29, 0.717) is 5.56 Å². The number of nitrogens with zero attached hydrogens (tertiary/aromatic N) is 1. The molecule has 0 spiro atoms. The van der Waals surface area contributed by atoms with Gasteiger partial charge in [0.25, 0.3) is 5.91 Å². The Morgan fingerprint density at radius 1 is 1.04 bits per heavy atom. The Labute approximate surface area is 154 Å². The maximum absolute atomic E-state index is 13.9. The fourth-order valence-corrected chi connectivity index (χ4v) is 2.62. The summed E-state index contributed by atoms with van der Waals surface area (Å²) in [5, 5.41) is 2.78. The maximum atomic E-state index is 13.9. The number of carbonyl (C=O) groups excluding carboxylic acids is 2. The van der Waals surface area contributed by atoms with Crippen LogP contribution in [0, 0.1) is 5.82 Å². The summed E-state index contributed by atoms with van der Waals surface area (Å²) in [5.41, 5.74) is 1.94. The molecule has 0 saturated heterocycles. The van der Waals surface area contributed by atoms with E-state index in [-0.39, 0.29) is 36.0 Å². The van der Waals surface area contributed by atoms with Crippen LogP contribution in [0.25, 0.3) is 0 Å². The molecule has 0 unspecified atom stereocenters. The molecule has 0 aliphatic rings. The average Bonchev–Trinajstić information content (AvgIpc) is 2.58. The Hall–Kier alpha value is -2.69. The van der Waals surface area contributed by atoms with Crippen molar-refractivity contribution < 1.29 is 14.0 Å². The Morgan fingerprint density at radius 3 is 2.19 bits per heavy atom. The molecule has 0 aliphatic heterocycles. The standard InChI is InChI=1S/C21H25FN2O2/c1-15(25)24(19-8-6-5-7-18(19)22)14-13-23-20(26)16-9-11-17(12-10-16)21(2,3)4/h5-12H,13-14H2,1-4H3,(H,23,26). The minimum Gasteiger partial charge on any atom is -0.350 e. The number of halogens is 1. The number of nitrogens with one attached hydrogen (secondary N) is 1. The molecule has 0 radical (unpaired) electrons. The summed E-state index contributed by atoms with van der Waals surface area (Å²) in [5.74, 6) is -0.965. The highest BCUT2D eigenvalue weighted by atomic mass is 19.1. The number of hydrogen-bond acceptors (Lipinski definition) is 2. The first kappa shape index (κ1) is 19.6. The fraction of sp³-hybridized carbons (Fsp3) is 0.333. The van der Waals surface area contributed by atoms with Crippen LogP contribution in [0.15, 0.2) is 48.5 Å². The third-order valence-corrected chi connectivity index (χ3v) is 4.16. The van der Waals surface area contributed by atoms with Crippen LogP contribution in [0.1, 0.15) is 43.6 Å². The van der Waals surface area contributed by atoms with E-state index in [2.05, 4.69) is 26.1 Å². The summed E-state index contributed by atoms with van der Waals surface area (Å²) >= 11 is 0. The van der Waals surface area contributed by atoms with Crippen molar-refractivity contribution in [2.45, 2.75) is 33.1 Å². The molecule has 26 heavy (non-hydrogen) atoms. The van der Waals surface area contributed by atoms with E-state index in [4.69, 9.17) is 0 Å². The quantitative estimate of drug-likeness (QED) is 0.883. The van der Waals surface area contributed by atoms with Gasteiger partial charge in [-0.2, -0.15) is 0 Å². The van der Waals surface area contributed by atoms with Crippen LogP contribution in [0.2, 0.25) is 0 Å². The van der Waals surface area contributed by atoms with Crippen molar-refractivity contribution in [2.24, 2.45) is 0 Å². The first-order valence-corrected chi connectivity index (χ1v) is 8.61. The molecule has 138 valence electrons. The van der Waals surface area contributed by atoms with Gasteiger partial charge in [-0.3, -0.25) is 9.59 Å². The molecule has 0 saturated carbocycles. The van der Waals surface area contributed by atoms with Crippen molar-refractivity contribution in [3.8, 4) is 0 Å². The van der Waals surface area contributed by atoms with E-state index in [1.54, 1.807) is 30.3 Å². The van der Waals surface area contributed by atoms with Gasteiger partial charge in [0.2, 0.25) is 5.91 Å². The Bertz CT molecular complexity index is 779. The van der Waals surface area contributed by atoms with Crippen LogP contribution in [0.3, 0.4) is 0 Å². The predicted molar refractivity (Wildman–Crippen MR) is 102 cm³/mol.